The fourth-order valence-corrected chi connectivity index (χ4v) is 2.10. The predicted molar refractivity (Wildman–Crippen MR) is 114 cm³/mol. The van der Waals surface area contributed by atoms with Gasteiger partial charge in [0.2, 0.25) is 0 Å². The molecule has 0 aliphatic rings. The molecule has 3 rings (SSSR count). The summed E-state index contributed by atoms with van der Waals surface area (Å²) in [4.78, 5) is 0. The van der Waals surface area contributed by atoms with Crippen LogP contribution in [0.15, 0.2) is 0 Å². The first kappa shape index (κ1) is 39.9. The SMILES string of the molecule is CCc1[c-]c(CC)[nH]n1.CCc1[c-]c(CC)[nH]n1.CCc1[c-]c(CC)[nH]n1.[Cl-].[Cl-].[Cr+5].[O-]B([O-])[O-]. The van der Waals surface area contributed by atoms with Crippen molar-refractivity contribution in [3.63, 3.8) is 0 Å². The molecule has 13 heteroatoms. The summed E-state index contributed by atoms with van der Waals surface area (Å²) in [5.41, 5.74) is 6.41. The Morgan fingerprint density at radius 2 is 0.765 bits per heavy atom. The van der Waals surface area contributed by atoms with Crippen LogP contribution < -0.4 is 39.9 Å². The molecule has 0 unspecified atom stereocenters. The molecule has 0 saturated heterocycles. The van der Waals surface area contributed by atoms with Gasteiger partial charge in [-0.25, -0.2) is 15.3 Å². The molecule has 191 valence electrons. The summed E-state index contributed by atoms with van der Waals surface area (Å²) in [7, 11) is -2.92. The van der Waals surface area contributed by atoms with Crippen molar-refractivity contribution in [3.8, 4) is 0 Å². The van der Waals surface area contributed by atoms with Gasteiger partial charge in [-0.2, -0.15) is 0 Å². The quantitative estimate of drug-likeness (QED) is 0.205. The van der Waals surface area contributed by atoms with E-state index in [0.717, 1.165) is 72.7 Å². The van der Waals surface area contributed by atoms with Gasteiger partial charge in [0.25, 0.3) is 0 Å². The fourth-order valence-electron chi connectivity index (χ4n) is 2.10. The molecule has 3 aromatic heterocycles. The third kappa shape index (κ3) is 19.0. The Morgan fingerprint density at radius 3 is 0.853 bits per heavy atom. The first-order valence-corrected chi connectivity index (χ1v) is 10.7. The van der Waals surface area contributed by atoms with Crippen molar-refractivity contribution in [2.45, 2.75) is 80.1 Å². The van der Waals surface area contributed by atoms with Gasteiger partial charge in [0, 0.05) is 0 Å². The molecular weight excluding hydrogens is 518 g/mol. The van der Waals surface area contributed by atoms with Gasteiger partial charge >= 0.3 is 17.4 Å². The maximum Gasteiger partial charge on any atom is 5.00 e. The number of halogens is 2. The molecule has 1 radical (unpaired) electrons. The Morgan fingerprint density at radius 1 is 0.559 bits per heavy atom. The number of nitrogens with one attached hydrogen (secondary N) is 3. The molecule has 34 heavy (non-hydrogen) atoms. The van der Waals surface area contributed by atoms with Crippen LogP contribution in [-0.4, -0.2) is 37.9 Å². The van der Waals surface area contributed by atoms with Crippen molar-refractivity contribution in [2.24, 2.45) is 0 Å². The average Bonchev–Trinajstić information content (AvgIpc) is 3.54. The number of hydrogen-bond donors (Lipinski definition) is 3. The van der Waals surface area contributed by atoms with Crippen LogP contribution in [0.1, 0.15) is 75.7 Å². The summed E-state index contributed by atoms with van der Waals surface area (Å²) < 4.78 is 0. The number of H-pyrrole nitrogens is 3. The van der Waals surface area contributed by atoms with E-state index in [2.05, 4.69) is 90.3 Å². The zero-order chi connectivity index (χ0) is 23.6. The topological polar surface area (TPSA) is 155 Å². The van der Waals surface area contributed by atoms with Gasteiger partial charge in [0.1, 0.15) is 0 Å². The molecule has 0 fully saturated rings. The largest absolute Gasteiger partial charge is 5.00 e. The van der Waals surface area contributed by atoms with E-state index in [-0.39, 0.29) is 42.2 Å². The van der Waals surface area contributed by atoms with Crippen molar-refractivity contribution in [3.05, 3.63) is 52.4 Å². The Labute approximate surface area is 227 Å². The summed E-state index contributed by atoms with van der Waals surface area (Å²) >= 11 is 0. The molecule has 0 aromatic carbocycles. The molecule has 0 amide bonds. The second-order valence-corrected chi connectivity index (χ2v) is 6.23. The average molecular weight is 551 g/mol. The molecule has 0 aliphatic carbocycles. The van der Waals surface area contributed by atoms with E-state index in [0.29, 0.717) is 0 Å². The second kappa shape index (κ2) is 24.8. The monoisotopic (exact) mass is 550 g/mol. The van der Waals surface area contributed by atoms with Gasteiger partial charge in [0.15, 0.2) is 0 Å². The summed E-state index contributed by atoms with van der Waals surface area (Å²) in [5.74, 6) is 0. The fraction of sp³-hybridized carbons (Fsp3) is 0.571. The first-order valence-electron chi connectivity index (χ1n) is 10.7. The third-order valence-electron chi connectivity index (χ3n) is 3.93. The molecule has 3 heterocycles. The van der Waals surface area contributed by atoms with Gasteiger partial charge in [-0.05, 0) is 38.5 Å². The van der Waals surface area contributed by atoms with Crippen molar-refractivity contribution in [2.75, 3.05) is 0 Å². The number of hydrogen-bond acceptors (Lipinski definition) is 6. The summed E-state index contributed by atoms with van der Waals surface area (Å²) in [5, 5.41) is 46.0. The van der Waals surface area contributed by atoms with E-state index >= 15 is 0 Å². The minimum absolute atomic E-state index is 0. The number of aryl methyl sites for hydroxylation is 6. The summed E-state index contributed by atoms with van der Waals surface area (Å²) in [6, 6.07) is 9.44. The standard InChI is InChI=1S/3C7H11N2.BO3.2ClH.Cr/c3*1-3-6-5-7(4-2)9-8-6;2-1(3)4;;;/h3*3-4H2,1-2H3,(H,8,9);;2*1H;/q3*-1;-3;;;+5/p-2. The van der Waals surface area contributed by atoms with Crippen LogP contribution in [0.25, 0.3) is 0 Å². The van der Waals surface area contributed by atoms with E-state index in [4.69, 9.17) is 15.1 Å². The van der Waals surface area contributed by atoms with Crippen LogP contribution in [0.5, 0.6) is 0 Å². The van der Waals surface area contributed by atoms with Crippen LogP contribution in [-0.2, 0) is 55.9 Å². The maximum absolute atomic E-state index is 8.42. The summed E-state index contributed by atoms with van der Waals surface area (Å²) in [6.07, 6.45) is 5.89. The van der Waals surface area contributed by atoms with Gasteiger partial charge in [-0.3, -0.25) is 7.32 Å². The van der Waals surface area contributed by atoms with Gasteiger partial charge in [-0.1, -0.05) is 41.5 Å². The molecule has 0 saturated carbocycles. The van der Waals surface area contributed by atoms with Crippen molar-refractivity contribution in [1.82, 2.24) is 30.6 Å². The zero-order valence-electron chi connectivity index (χ0n) is 20.6. The summed E-state index contributed by atoms with van der Waals surface area (Å²) in [6.45, 7) is 12.5. The van der Waals surface area contributed by atoms with Crippen molar-refractivity contribution >= 4 is 7.32 Å². The number of nitrogens with zero attached hydrogens (tertiary/aromatic N) is 3. The third-order valence-corrected chi connectivity index (χ3v) is 3.93. The molecular formula is C21H33BCl2CrN6O3-3. The number of aromatic amines is 3. The normalized spacial score (nSPS) is 8.74. The number of aromatic nitrogens is 6. The molecule has 3 aromatic rings. The van der Waals surface area contributed by atoms with E-state index in [1.807, 2.05) is 0 Å². The Kier molecular flexibility index (Phi) is 29.1. The van der Waals surface area contributed by atoms with Crippen LogP contribution in [0, 0.1) is 18.2 Å². The van der Waals surface area contributed by atoms with Gasteiger partial charge < -0.3 is 73.4 Å². The zero-order valence-corrected chi connectivity index (χ0v) is 23.3. The minimum atomic E-state index is -2.92. The van der Waals surface area contributed by atoms with E-state index in [1.54, 1.807) is 0 Å². The van der Waals surface area contributed by atoms with Gasteiger partial charge in [0.05, 0.1) is 0 Å². The molecule has 0 bridgehead atoms. The van der Waals surface area contributed by atoms with E-state index in [1.165, 1.54) is 0 Å². The molecule has 3 N–H and O–H groups in total. The van der Waals surface area contributed by atoms with E-state index in [9.17, 15) is 0 Å². The Hall–Kier alpha value is -1.31. The molecule has 0 spiro atoms. The predicted octanol–water partition coefficient (Wildman–Crippen LogP) is -5.94. The molecule has 9 nitrogen and oxygen atoms in total. The minimum Gasteiger partial charge on any atom is -1.00 e. The Bertz CT molecular complexity index is 659. The van der Waals surface area contributed by atoms with Crippen LogP contribution in [0.3, 0.4) is 0 Å². The van der Waals surface area contributed by atoms with Crippen LogP contribution >= 0.6 is 0 Å². The Balaban J connectivity index is -0.000000177. The van der Waals surface area contributed by atoms with Crippen molar-refractivity contribution in [1.29, 1.82) is 0 Å². The smallest absolute Gasteiger partial charge is 1.00 e. The van der Waals surface area contributed by atoms with Crippen LogP contribution in [0.2, 0.25) is 0 Å². The van der Waals surface area contributed by atoms with Gasteiger partial charge in [-0.15, -0.1) is 34.2 Å². The second-order valence-electron chi connectivity index (χ2n) is 6.23. The molecule has 0 aliphatic heterocycles. The molecule has 0 atom stereocenters. The first-order chi connectivity index (χ1) is 14.8. The number of rotatable bonds is 6. The van der Waals surface area contributed by atoms with Crippen LogP contribution in [0.4, 0.5) is 0 Å². The maximum atomic E-state index is 8.42. The van der Waals surface area contributed by atoms with Crippen molar-refractivity contribution < 1.29 is 57.2 Å². The van der Waals surface area contributed by atoms with E-state index < -0.39 is 7.32 Å².